The number of hydrogen-bond acceptors (Lipinski definition) is 2. The van der Waals surface area contributed by atoms with E-state index in [0.29, 0.717) is 18.4 Å². The summed E-state index contributed by atoms with van der Waals surface area (Å²) < 4.78 is 25.5. The Hall–Kier alpha value is -1.68. The Morgan fingerprint density at radius 2 is 1.67 bits per heavy atom. The second-order valence-corrected chi connectivity index (χ2v) is 5.21. The maximum absolute atomic E-state index is 12.7. The smallest absolute Gasteiger partial charge is 0.267 e. The Bertz CT molecular complexity index is 524. The van der Waals surface area contributed by atoms with Crippen LogP contribution in [0.3, 0.4) is 0 Å². The Kier molecular flexibility index (Phi) is 11.0. The van der Waals surface area contributed by atoms with Crippen LogP contribution in [0.25, 0.3) is 0 Å². The largest absolute Gasteiger partial charge is 0.383 e. The minimum atomic E-state index is -2.75. The summed E-state index contributed by atoms with van der Waals surface area (Å²) in [5, 5.41) is 9.61. The van der Waals surface area contributed by atoms with E-state index in [4.69, 9.17) is 0 Å². The van der Waals surface area contributed by atoms with Gasteiger partial charge in [-0.05, 0) is 43.0 Å². The zero-order valence-corrected chi connectivity index (χ0v) is 15.7. The molecule has 0 saturated carbocycles. The molecule has 0 spiro atoms. The average Bonchev–Trinajstić information content (AvgIpc) is 2.63. The van der Waals surface area contributed by atoms with Crippen molar-refractivity contribution >= 4 is 5.69 Å². The van der Waals surface area contributed by atoms with Crippen molar-refractivity contribution in [1.82, 2.24) is 0 Å². The number of hydrogen-bond donors (Lipinski definition) is 1. The predicted octanol–water partition coefficient (Wildman–Crippen LogP) is 5.80. The third-order valence-electron chi connectivity index (χ3n) is 3.88. The predicted molar refractivity (Wildman–Crippen MR) is 99.6 cm³/mol. The Labute approximate surface area is 145 Å². The fourth-order valence-corrected chi connectivity index (χ4v) is 2.31. The minimum Gasteiger partial charge on any atom is -0.383 e. The van der Waals surface area contributed by atoms with Gasteiger partial charge in [0.1, 0.15) is 6.10 Å². The first-order valence-corrected chi connectivity index (χ1v) is 8.57. The molecule has 1 aromatic rings. The number of aliphatic hydroxyl groups excluding tert-OH is 1. The lowest BCUT2D eigenvalue weighted by molar-refractivity contribution is 0.0160. The quantitative estimate of drug-likeness (QED) is 0.635. The van der Waals surface area contributed by atoms with E-state index in [9.17, 15) is 13.9 Å². The number of allylic oxidation sites excluding steroid dienone is 3. The number of nitrogens with zero attached hydrogens (tertiary/aromatic N) is 1. The molecule has 4 heteroatoms. The zero-order valence-electron chi connectivity index (χ0n) is 15.7. The Balaban J connectivity index is 0.00000254. The van der Waals surface area contributed by atoms with Crippen LogP contribution in [-0.2, 0) is 0 Å². The monoisotopic (exact) mass is 339 g/mol. The van der Waals surface area contributed by atoms with E-state index < -0.39 is 12.5 Å². The zero-order chi connectivity index (χ0) is 18.7. The van der Waals surface area contributed by atoms with Crippen molar-refractivity contribution in [3.63, 3.8) is 0 Å². The van der Waals surface area contributed by atoms with Gasteiger partial charge in [-0.15, -0.1) is 0 Å². The fourth-order valence-electron chi connectivity index (χ4n) is 2.31. The molecule has 1 atom stereocenters. The molecule has 0 radical (unpaired) electrons. The van der Waals surface area contributed by atoms with E-state index >= 15 is 0 Å². The summed E-state index contributed by atoms with van der Waals surface area (Å²) in [6.07, 6.45) is -1.62. The highest BCUT2D eigenvalue weighted by atomic mass is 19.3. The molecular weight excluding hydrogens is 308 g/mol. The molecule has 24 heavy (non-hydrogen) atoms. The highest BCUT2D eigenvalue weighted by Crippen LogP contribution is 2.24. The number of benzene rings is 1. The summed E-state index contributed by atoms with van der Waals surface area (Å²) in [7, 11) is 1.95. The molecule has 0 fully saturated rings. The number of alkyl halides is 2. The van der Waals surface area contributed by atoms with Gasteiger partial charge in [-0.1, -0.05) is 52.0 Å². The standard InChI is InChI=1S/C18H25F2NO.C2H6/c1-5-14(12-15(6-2)17(22)18(19)20)13(3)21(4)16-10-8-7-9-11-16;1-2/h7-12,17-18,22H,5-6H2,1-4H3;1-2H3/b14-13+,15-12+;. The molecular formula is C20H31F2NO. The Morgan fingerprint density at radius 1 is 1.12 bits per heavy atom. The first-order valence-electron chi connectivity index (χ1n) is 8.57. The van der Waals surface area contributed by atoms with E-state index in [1.165, 1.54) is 0 Å². The van der Waals surface area contributed by atoms with Crippen LogP contribution in [0.1, 0.15) is 47.5 Å². The molecule has 0 amide bonds. The lowest BCUT2D eigenvalue weighted by Gasteiger charge is -2.23. The van der Waals surface area contributed by atoms with Crippen LogP contribution in [0.15, 0.2) is 53.3 Å². The van der Waals surface area contributed by atoms with E-state index in [-0.39, 0.29) is 0 Å². The van der Waals surface area contributed by atoms with Crippen molar-refractivity contribution in [2.45, 2.75) is 60.0 Å². The summed E-state index contributed by atoms with van der Waals surface area (Å²) in [5.74, 6) is 0. The summed E-state index contributed by atoms with van der Waals surface area (Å²) >= 11 is 0. The van der Waals surface area contributed by atoms with Crippen LogP contribution in [0.5, 0.6) is 0 Å². The molecule has 1 rings (SSSR count). The molecule has 0 aliphatic rings. The van der Waals surface area contributed by atoms with Gasteiger partial charge in [0, 0.05) is 18.4 Å². The summed E-state index contributed by atoms with van der Waals surface area (Å²) in [6.45, 7) is 9.72. The highest BCUT2D eigenvalue weighted by Gasteiger charge is 2.20. The lowest BCUT2D eigenvalue weighted by atomic mass is 10.0. The van der Waals surface area contributed by atoms with Crippen molar-refractivity contribution in [1.29, 1.82) is 0 Å². The normalized spacial score (nSPS) is 13.8. The van der Waals surface area contributed by atoms with Gasteiger partial charge in [0.05, 0.1) is 0 Å². The molecule has 0 aliphatic carbocycles. The van der Waals surface area contributed by atoms with Gasteiger partial charge in [0.25, 0.3) is 6.43 Å². The van der Waals surface area contributed by atoms with E-state index in [0.717, 1.165) is 17.0 Å². The topological polar surface area (TPSA) is 23.5 Å². The van der Waals surface area contributed by atoms with Crippen LogP contribution in [0, 0.1) is 0 Å². The third-order valence-corrected chi connectivity index (χ3v) is 3.88. The van der Waals surface area contributed by atoms with Crippen LogP contribution in [0.2, 0.25) is 0 Å². The molecule has 0 saturated heterocycles. The van der Waals surface area contributed by atoms with Crippen LogP contribution >= 0.6 is 0 Å². The molecule has 1 unspecified atom stereocenters. The molecule has 1 aromatic carbocycles. The van der Waals surface area contributed by atoms with Gasteiger partial charge < -0.3 is 10.0 Å². The summed E-state index contributed by atoms with van der Waals surface area (Å²) in [6, 6.07) is 9.85. The van der Waals surface area contributed by atoms with Crippen LogP contribution in [-0.4, -0.2) is 24.7 Å². The van der Waals surface area contributed by atoms with Crippen LogP contribution < -0.4 is 4.90 Å². The van der Waals surface area contributed by atoms with Crippen molar-refractivity contribution in [2.24, 2.45) is 0 Å². The molecule has 0 aliphatic heterocycles. The van der Waals surface area contributed by atoms with E-state index in [1.54, 1.807) is 13.0 Å². The van der Waals surface area contributed by atoms with E-state index in [1.807, 2.05) is 70.0 Å². The first-order chi connectivity index (χ1) is 11.4. The number of rotatable bonds is 7. The number of aliphatic hydroxyl groups is 1. The van der Waals surface area contributed by atoms with E-state index in [2.05, 4.69) is 0 Å². The second-order valence-electron chi connectivity index (χ2n) is 5.21. The van der Waals surface area contributed by atoms with Gasteiger partial charge in [0.15, 0.2) is 0 Å². The molecule has 1 N–H and O–H groups in total. The lowest BCUT2D eigenvalue weighted by Crippen LogP contribution is -2.21. The van der Waals surface area contributed by atoms with Gasteiger partial charge in [0.2, 0.25) is 0 Å². The third kappa shape index (κ3) is 6.44. The minimum absolute atomic E-state index is 0.368. The van der Waals surface area contributed by atoms with Crippen molar-refractivity contribution < 1.29 is 13.9 Å². The van der Waals surface area contributed by atoms with Gasteiger partial charge in [-0.25, -0.2) is 8.78 Å². The summed E-state index contributed by atoms with van der Waals surface area (Å²) in [5.41, 5.74) is 3.34. The summed E-state index contributed by atoms with van der Waals surface area (Å²) in [4.78, 5) is 2.03. The van der Waals surface area contributed by atoms with Crippen molar-refractivity contribution in [3.05, 3.63) is 53.3 Å². The second kappa shape index (κ2) is 11.8. The maximum Gasteiger partial charge on any atom is 0.267 e. The molecule has 2 nitrogen and oxygen atoms in total. The first kappa shape index (κ1) is 22.3. The van der Waals surface area contributed by atoms with Crippen molar-refractivity contribution in [2.75, 3.05) is 11.9 Å². The number of para-hydroxylation sites is 1. The average molecular weight is 339 g/mol. The highest BCUT2D eigenvalue weighted by molar-refractivity contribution is 5.52. The molecule has 136 valence electrons. The van der Waals surface area contributed by atoms with Crippen LogP contribution in [0.4, 0.5) is 14.5 Å². The molecule has 0 bridgehead atoms. The number of halogens is 2. The molecule has 0 aromatic heterocycles. The Morgan fingerprint density at radius 3 is 2.08 bits per heavy atom. The SMILES string of the molecule is CC.CC/C(=C\C(CC)=C(/C)N(C)c1ccccc1)C(O)C(F)F. The maximum atomic E-state index is 12.7. The van der Waals surface area contributed by atoms with Gasteiger partial charge in [-0.2, -0.15) is 0 Å². The van der Waals surface area contributed by atoms with Gasteiger partial charge in [-0.3, -0.25) is 0 Å². The molecule has 0 heterocycles. The number of anilines is 1. The fraction of sp³-hybridized carbons (Fsp3) is 0.500. The van der Waals surface area contributed by atoms with Crippen molar-refractivity contribution in [3.8, 4) is 0 Å². The van der Waals surface area contributed by atoms with Gasteiger partial charge >= 0.3 is 0 Å².